The van der Waals surface area contributed by atoms with Crippen LogP contribution in [0.25, 0.3) is 0 Å². The molecule has 0 saturated carbocycles. The third kappa shape index (κ3) is 5.83. The molecule has 0 spiro atoms. The largest absolute Gasteiger partial charge is 0.508 e. The summed E-state index contributed by atoms with van der Waals surface area (Å²) >= 11 is 0. The van der Waals surface area contributed by atoms with Crippen molar-refractivity contribution in [3.05, 3.63) is 106 Å². The van der Waals surface area contributed by atoms with Crippen molar-refractivity contribution in [3.63, 3.8) is 0 Å². The molecular weight excluding hydrogens is 509 g/mol. The van der Waals surface area contributed by atoms with E-state index in [4.69, 9.17) is 0 Å². The molecule has 0 heterocycles. The Kier molecular flexibility index (Phi) is 8.39. The van der Waals surface area contributed by atoms with E-state index in [1.807, 2.05) is 62.4 Å². The van der Waals surface area contributed by atoms with Crippen LogP contribution in [0.1, 0.15) is 45.7 Å². The molecule has 39 heavy (non-hydrogen) atoms. The summed E-state index contributed by atoms with van der Waals surface area (Å²) < 4.78 is 14.5. The van der Waals surface area contributed by atoms with Crippen molar-refractivity contribution in [3.8, 4) is 23.0 Å². The van der Waals surface area contributed by atoms with E-state index in [1.54, 1.807) is 26.0 Å². The Hall–Kier alpha value is -3.73. The van der Waals surface area contributed by atoms with Crippen LogP contribution in [-0.4, -0.2) is 33.3 Å². The smallest absolute Gasteiger partial charge is 0.156 e. The lowest BCUT2D eigenvalue weighted by Crippen LogP contribution is -2.28. The van der Waals surface area contributed by atoms with E-state index in [0.717, 1.165) is 21.7 Å². The van der Waals surface area contributed by atoms with E-state index in [9.17, 15) is 25.0 Å². The van der Waals surface area contributed by atoms with Gasteiger partial charge in [-0.05, 0) is 52.8 Å². The van der Waals surface area contributed by atoms with Crippen LogP contribution in [0.5, 0.6) is 23.0 Å². The number of phenols is 4. The van der Waals surface area contributed by atoms with E-state index < -0.39 is 13.1 Å². The molecule has 4 aromatic carbocycles. The number of aromatic hydroxyl groups is 4. The summed E-state index contributed by atoms with van der Waals surface area (Å²) in [6.07, 6.45) is 0.699. The minimum absolute atomic E-state index is 0.0173. The zero-order valence-electron chi connectivity index (χ0n) is 22.8. The molecule has 0 atom stereocenters. The maximum Gasteiger partial charge on any atom is 0.156 e. The Morgan fingerprint density at radius 2 is 1.05 bits per heavy atom. The van der Waals surface area contributed by atoms with Crippen molar-refractivity contribution in [1.29, 1.82) is 0 Å². The van der Waals surface area contributed by atoms with Crippen molar-refractivity contribution >= 4 is 17.8 Å². The fraction of sp³-hybridized carbons (Fsp3) is 0.250. The van der Waals surface area contributed by atoms with Gasteiger partial charge in [-0.1, -0.05) is 71.8 Å². The molecule has 7 heteroatoms. The molecule has 0 amide bonds. The molecular formula is C32H36NO5P. The number of hydrogen-bond donors (Lipinski definition) is 5. The van der Waals surface area contributed by atoms with Gasteiger partial charge in [0.2, 0.25) is 0 Å². The second-order valence-electron chi connectivity index (χ2n) is 10.2. The standard InChI is InChI=1S/C32H36NO5P/c1-20-5-9-24(10-6-20)39(38,25-11-7-21(2)8-12-25)19-33-18-17-26(27-13-15-29(34)22(3)31(27)36)28-14-16-30(35)23(4)32(28)37/h5-16,26,33-37H,17-19H2,1-4H3. The molecule has 0 unspecified atom stereocenters. The van der Waals surface area contributed by atoms with Gasteiger partial charge in [0.1, 0.15) is 23.0 Å². The summed E-state index contributed by atoms with van der Waals surface area (Å²) in [4.78, 5) is 0. The van der Waals surface area contributed by atoms with Crippen LogP contribution in [0.2, 0.25) is 0 Å². The maximum atomic E-state index is 14.5. The van der Waals surface area contributed by atoms with Gasteiger partial charge in [0, 0.05) is 38.8 Å². The van der Waals surface area contributed by atoms with Crippen LogP contribution in [0.4, 0.5) is 0 Å². The average molecular weight is 546 g/mol. The summed E-state index contributed by atoms with van der Waals surface area (Å²) in [5, 5.41) is 46.9. The quantitative estimate of drug-likeness (QED) is 0.134. The first-order valence-electron chi connectivity index (χ1n) is 13.0. The Bertz CT molecular complexity index is 1410. The van der Waals surface area contributed by atoms with Gasteiger partial charge in [-0.15, -0.1) is 0 Å². The minimum atomic E-state index is -2.99. The highest BCUT2D eigenvalue weighted by Crippen LogP contribution is 2.45. The fourth-order valence-corrected chi connectivity index (χ4v) is 7.25. The van der Waals surface area contributed by atoms with Gasteiger partial charge in [-0.25, -0.2) is 0 Å². The average Bonchev–Trinajstić information content (AvgIpc) is 2.92. The van der Waals surface area contributed by atoms with Crippen LogP contribution in [0.15, 0.2) is 72.8 Å². The molecule has 204 valence electrons. The third-order valence-electron chi connectivity index (χ3n) is 7.46. The normalized spacial score (nSPS) is 11.7. The predicted molar refractivity (Wildman–Crippen MR) is 158 cm³/mol. The van der Waals surface area contributed by atoms with E-state index >= 15 is 0 Å². The number of rotatable bonds is 9. The Morgan fingerprint density at radius 3 is 1.46 bits per heavy atom. The number of phenolic OH excluding ortho intramolecular Hbond substituents is 4. The highest BCUT2D eigenvalue weighted by atomic mass is 31.2. The van der Waals surface area contributed by atoms with Gasteiger partial charge in [-0.2, -0.15) is 0 Å². The van der Waals surface area contributed by atoms with E-state index in [2.05, 4.69) is 5.32 Å². The van der Waals surface area contributed by atoms with Gasteiger partial charge < -0.3 is 30.3 Å². The molecule has 0 aliphatic rings. The lowest BCUT2D eigenvalue weighted by Gasteiger charge is -2.24. The van der Waals surface area contributed by atoms with Crippen LogP contribution >= 0.6 is 7.14 Å². The molecule has 0 aliphatic heterocycles. The zero-order valence-corrected chi connectivity index (χ0v) is 23.7. The van der Waals surface area contributed by atoms with E-state index in [-0.39, 0.29) is 29.3 Å². The van der Waals surface area contributed by atoms with Gasteiger partial charge >= 0.3 is 0 Å². The minimum Gasteiger partial charge on any atom is -0.508 e. The van der Waals surface area contributed by atoms with E-state index in [1.165, 1.54) is 12.1 Å². The topological polar surface area (TPSA) is 110 Å². The zero-order chi connectivity index (χ0) is 28.3. The summed E-state index contributed by atoms with van der Waals surface area (Å²) in [7, 11) is -2.99. The first-order valence-corrected chi connectivity index (χ1v) is 14.9. The molecule has 0 aromatic heterocycles. The van der Waals surface area contributed by atoms with Crippen molar-refractivity contribution in [1.82, 2.24) is 5.32 Å². The maximum absolute atomic E-state index is 14.5. The van der Waals surface area contributed by atoms with Crippen molar-refractivity contribution < 1.29 is 25.0 Å². The van der Waals surface area contributed by atoms with Gasteiger partial charge in [-0.3, -0.25) is 0 Å². The molecule has 0 fully saturated rings. The Morgan fingerprint density at radius 1 is 0.641 bits per heavy atom. The van der Waals surface area contributed by atoms with Gasteiger partial charge in [0.15, 0.2) is 7.14 Å². The van der Waals surface area contributed by atoms with Crippen LogP contribution in [0, 0.1) is 27.7 Å². The number of aryl methyl sites for hydroxylation is 2. The van der Waals surface area contributed by atoms with Crippen molar-refractivity contribution in [2.75, 3.05) is 12.8 Å². The monoisotopic (exact) mass is 545 g/mol. The van der Waals surface area contributed by atoms with Crippen LogP contribution in [0.3, 0.4) is 0 Å². The molecule has 0 radical (unpaired) electrons. The molecule has 6 nitrogen and oxygen atoms in total. The second-order valence-corrected chi connectivity index (χ2v) is 13.0. The predicted octanol–water partition coefficient (Wildman–Crippen LogP) is 5.83. The fourth-order valence-electron chi connectivity index (χ4n) is 4.85. The van der Waals surface area contributed by atoms with Crippen LogP contribution in [-0.2, 0) is 4.57 Å². The highest BCUT2D eigenvalue weighted by molar-refractivity contribution is 7.78. The second kappa shape index (κ2) is 11.6. The lowest BCUT2D eigenvalue weighted by molar-refractivity contribution is 0.426. The first-order chi connectivity index (χ1) is 18.5. The SMILES string of the molecule is Cc1ccc(P(=O)(CNCCC(c2ccc(O)c(C)c2O)c2ccc(O)c(C)c2O)c2ccc(C)cc2)cc1. The first kappa shape index (κ1) is 28.3. The van der Waals surface area contributed by atoms with Gasteiger partial charge in [0.05, 0.1) is 6.29 Å². The summed E-state index contributed by atoms with van der Waals surface area (Å²) in [5.74, 6) is -0.577. The van der Waals surface area contributed by atoms with Crippen LogP contribution < -0.4 is 15.9 Å². The van der Waals surface area contributed by atoms with Crippen molar-refractivity contribution in [2.45, 2.75) is 40.0 Å². The third-order valence-corrected chi connectivity index (χ3v) is 10.4. The molecule has 5 N–H and O–H groups in total. The van der Waals surface area contributed by atoms with E-state index in [0.29, 0.717) is 35.2 Å². The highest BCUT2D eigenvalue weighted by Gasteiger charge is 2.28. The molecule has 0 saturated heterocycles. The summed E-state index contributed by atoms with van der Waals surface area (Å²) in [6, 6.07) is 21.9. The number of nitrogens with one attached hydrogen (secondary N) is 1. The number of hydrogen-bond acceptors (Lipinski definition) is 6. The summed E-state index contributed by atoms with van der Waals surface area (Å²) in [5.41, 5.74) is 3.99. The molecule has 4 rings (SSSR count). The lowest BCUT2D eigenvalue weighted by atomic mass is 9.85. The number of benzene rings is 4. The molecule has 4 aromatic rings. The Balaban J connectivity index is 1.64. The van der Waals surface area contributed by atoms with Crippen molar-refractivity contribution in [2.24, 2.45) is 0 Å². The summed E-state index contributed by atoms with van der Waals surface area (Å²) in [6.45, 7) is 7.69. The van der Waals surface area contributed by atoms with Gasteiger partial charge in [0.25, 0.3) is 0 Å². The molecule has 0 aliphatic carbocycles. The molecule has 0 bridgehead atoms. The Labute approximate surface area is 230 Å².